The number of carbonyl (C=O) groups is 2. The SMILES string of the molecule is Cc1[nH]c2c(C(N)=O)cc(F)c(C3=CCCC(OC(N)=O)C3)c2c1Cl. The van der Waals surface area contributed by atoms with E-state index < -0.39 is 23.9 Å². The minimum absolute atomic E-state index is 0.0348. The van der Waals surface area contributed by atoms with E-state index >= 15 is 0 Å². The van der Waals surface area contributed by atoms with E-state index in [-0.39, 0.29) is 11.1 Å². The molecule has 1 aliphatic rings. The fraction of sp³-hybridized carbons (Fsp3) is 0.294. The second-order valence-electron chi connectivity index (χ2n) is 6.03. The van der Waals surface area contributed by atoms with Crippen molar-refractivity contribution < 1.29 is 18.7 Å². The molecule has 0 bridgehead atoms. The Hall–Kier alpha value is -2.54. The lowest BCUT2D eigenvalue weighted by atomic mass is 9.88. The molecule has 1 atom stereocenters. The van der Waals surface area contributed by atoms with E-state index in [1.807, 2.05) is 6.08 Å². The van der Waals surface area contributed by atoms with Crippen LogP contribution in [0.5, 0.6) is 0 Å². The number of aromatic amines is 1. The Morgan fingerprint density at radius 3 is 2.76 bits per heavy atom. The number of aromatic nitrogens is 1. The Morgan fingerprint density at radius 2 is 2.12 bits per heavy atom. The van der Waals surface area contributed by atoms with E-state index in [4.69, 9.17) is 27.8 Å². The highest BCUT2D eigenvalue weighted by Gasteiger charge is 2.26. The molecule has 0 saturated carbocycles. The van der Waals surface area contributed by atoms with Gasteiger partial charge in [0.25, 0.3) is 5.91 Å². The van der Waals surface area contributed by atoms with Crippen LogP contribution >= 0.6 is 11.6 Å². The molecular weight excluding hydrogens is 349 g/mol. The molecule has 1 aliphatic carbocycles. The first-order valence-corrected chi connectivity index (χ1v) is 8.13. The number of hydrogen-bond acceptors (Lipinski definition) is 3. The van der Waals surface area contributed by atoms with Gasteiger partial charge in [-0.1, -0.05) is 17.7 Å². The van der Waals surface area contributed by atoms with Gasteiger partial charge in [-0.25, -0.2) is 9.18 Å². The molecule has 1 heterocycles. The quantitative estimate of drug-likeness (QED) is 0.774. The fourth-order valence-electron chi connectivity index (χ4n) is 3.28. The van der Waals surface area contributed by atoms with E-state index in [0.29, 0.717) is 46.5 Å². The highest BCUT2D eigenvalue weighted by molar-refractivity contribution is 6.37. The van der Waals surface area contributed by atoms with Crippen LogP contribution in [0, 0.1) is 12.7 Å². The molecule has 0 fully saturated rings. The zero-order valence-corrected chi connectivity index (χ0v) is 14.2. The number of carbonyl (C=O) groups excluding carboxylic acids is 2. The van der Waals surface area contributed by atoms with Crippen LogP contribution in [0.1, 0.15) is 40.9 Å². The van der Waals surface area contributed by atoms with Crippen molar-refractivity contribution in [2.45, 2.75) is 32.3 Å². The van der Waals surface area contributed by atoms with Crippen molar-refractivity contribution in [1.82, 2.24) is 4.98 Å². The van der Waals surface area contributed by atoms with Gasteiger partial charge in [-0.3, -0.25) is 4.79 Å². The Kier molecular flexibility index (Phi) is 4.43. The van der Waals surface area contributed by atoms with Crippen LogP contribution in [-0.2, 0) is 4.74 Å². The average molecular weight is 366 g/mol. The second kappa shape index (κ2) is 6.40. The summed E-state index contributed by atoms with van der Waals surface area (Å²) >= 11 is 6.35. The summed E-state index contributed by atoms with van der Waals surface area (Å²) < 4.78 is 19.9. The monoisotopic (exact) mass is 365 g/mol. The summed E-state index contributed by atoms with van der Waals surface area (Å²) in [4.78, 5) is 25.6. The third-order valence-electron chi connectivity index (χ3n) is 4.34. The Bertz CT molecular complexity index is 920. The molecule has 1 aromatic carbocycles. The average Bonchev–Trinajstić information content (AvgIpc) is 2.82. The van der Waals surface area contributed by atoms with Crippen LogP contribution in [-0.4, -0.2) is 23.1 Å². The van der Waals surface area contributed by atoms with Crippen molar-refractivity contribution in [3.05, 3.63) is 39.8 Å². The maximum atomic E-state index is 14.9. The van der Waals surface area contributed by atoms with E-state index in [1.165, 1.54) is 0 Å². The molecule has 2 aromatic rings. The number of primary amides is 2. The van der Waals surface area contributed by atoms with Gasteiger partial charge in [0.2, 0.25) is 0 Å². The van der Waals surface area contributed by atoms with Gasteiger partial charge in [0, 0.05) is 23.1 Å². The molecule has 5 N–H and O–H groups in total. The van der Waals surface area contributed by atoms with Gasteiger partial charge in [0.15, 0.2) is 0 Å². The van der Waals surface area contributed by atoms with E-state index in [1.54, 1.807) is 6.92 Å². The van der Waals surface area contributed by atoms with Gasteiger partial charge in [-0.05, 0) is 31.4 Å². The van der Waals surface area contributed by atoms with E-state index in [9.17, 15) is 14.0 Å². The van der Waals surface area contributed by atoms with Crippen molar-refractivity contribution in [3.63, 3.8) is 0 Å². The van der Waals surface area contributed by atoms with Crippen LogP contribution in [0.15, 0.2) is 12.1 Å². The Balaban J connectivity index is 2.18. The lowest BCUT2D eigenvalue weighted by molar-refractivity contribution is 0.0997. The summed E-state index contributed by atoms with van der Waals surface area (Å²) in [7, 11) is 0. The number of nitrogens with two attached hydrogens (primary N) is 2. The van der Waals surface area contributed by atoms with Gasteiger partial charge >= 0.3 is 6.09 Å². The maximum Gasteiger partial charge on any atom is 0.404 e. The normalized spacial score (nSPS) is 17.4. The molecule has 132 valence electrons. The molecule has 2 amide bonds. The molecule has 3 rings (SSSR count). The Labute approximate surface area is 147 Å². The molecular formula is C17H17ClFN3O3. The number of benzene rings is 1. The van der Waals surface area contributed by atoms with E-state index in [0.717, 1.165) is 6.07 Å². The van der Waals surface area contributed by atoms with Crippen molar-refractivity contribution in [3.8, 4) is 0 Å². The van der Waals surface area contributed by atoms with Gasteiger partial charge in [-0.15, -0.1) is 0 Å². The number of H-pyrrole nitrogens is 1. The molecule has 0 radical (unpaired) electrons. The van der Waals surface area contributed by atoms with Crippen LogP contribution in [0.25, 0.3) is 16.5 Å². The summed E-state index contributed by atoms with van der Waals surface area (Å²) in [6, 6.07) is 1.10. The van der Waals surface area contributed by atoms with Crippen LogP contribution in [0.3, 0.4) is 0 Å². The number of aryl methyl sites for hydroxylation is 1. The Morgan fingerprint density at radius 1 is 1.40 bits per heavy atom. The first-order chi connectivity index (χ1) is 11.8. The van der Waals surface area contributed by atoms with Crippen LogP contribution in [0.2, 0.25) is 5.02 Å². The number of amides is 2. The van der Waals surface area contributed by atoms with Crippen LogP contribution < -0.4 is 11.5 Å². The summed E-state index contributed by atoms with van der Waals surface area (Å²) in [5.74, 6) is -1.35. The zero-order chi connectivity index (χ0) is 18.3. The van der Waals surface area contributed by atoms with Crippen molar-refractivity contribution >= 4 is 40.1 Å². The minimum Gasteiger partial charge on any atom is -0.446 e. The first-order valence-electron chi connectivity index (χ1n) is 7.75. The number of nitrogens with one attached hydrogen (secondary N) is 1. The van der Waals surface area contributed by atoms with Crippen molar-refractivity contribution in [2.24, 2.45) is 11.5 Å². The topological polar surface area (TPSA) is 111 Å². The second-order valence-corrected chi connectivity index (χ2v) is 6.41. The number of rotatable bonds is 3. The summed E-state index contributed by atoms with van der Waals surface area (Å²) in [5.41, 5.74) is 12.4. The molecule has 0 aliphatic heterocycles. The molecule has 6 nitrogen and oxygen atoms in total. The maximum absolute atomic E-state index is 14.9. The number of ether oxygens (including phenoxy) is 1. The summed E-state index contributed by atoms with van der Waals surface area (Å²) in [6.45, 7) is 1.73. The third-order valence-corrected chi connectivity index (χ3v) is 4.81. The highest BCUT2D eigenvalue weighted by Crippen LogP contribution is 2.40. The molecule has 25 heavy (non-hydrogen) atoms. The minimum atomic E-state index is -0.864. The smallest absolute Gasteiger partial charge is 0.404 e. The van der Waals surface area contributed by atoms with Crippen LogP contribution in [0.4, 0.5) is 9.18 Å². The molecule has 0 spiro atoms. The lowest BCUT2D eigenvalue weighted by Gasteiger charge is -2.23. The van der Waals surface area contributed by atoms with Gasteiger partial charge in [0.05, 0.1) is 16.1 Å². The van der Waals surface area contributed by atoms with Gasteiger partial charge in [-0.2, -0.15) is 0 Å². The molecule has 1 unspecified atom stereocenters. The lowest BCUT2D eigenvalue weighted by Crippen LogP contribution is -2.24. The zero-order valence-electron chi connectivity index (χ0n) is 13.5. The predicted octanol–water partition coefficient (Wildman–Crippen LogP) is 3.40. The number of allylic oxidation sites excluding steroid dienone is 1. The fourth-order valence-corrected chi connectivity index (χ4v) is 3.52. The standard InChI is InChI=1S/C17H17ClFN3O3/c1-7-14(18)13-12(8-3-2-4-9(5-8)25-17(21)24)11(19)6-10(16(20)23)15(13)22-7/h3,6,9,22H,2,4-5H2,1H3,(H2,20,23)(H2,21,24). The largest absolute Gasteiger partial charge is 0.446 e. The third kappa shape index (κ3) is 3.07. The van der Waals surface area contributed by atoms with E-state index in [2.05, 4.69) is 4.98 Å². The summed E-state index contributed by atoms with van der Waals surface area (Å²) in [5, 5.41) is 0.727. The van der Waals surface area contributed by atoms with Crippen molar-refractivity contribution in [2.75, 3.05) is 0 Å². The van der Waals surface area contributed by atoms with Crippen molar-refractivity contribution in [1.29, 1.82) is 0 Å². The summed E-state index contributed by atoms with van der Waals surface area (Å²) in [6.07, 6.45) is 2.11. The van der Waals surface area contributed by atoms with Gasteiger partial charge in [0.1, 0.15) is 11.9 Å². The molecule has 1 aromatic heterocycles. The molecule has 0 saturated heterocycles. The number of fused-ring (bicyclic) bond motifs is 1. The highest BCUT2D eigenvalue weighted by atomic mass is 35.5. The molecule has 8 heteroatoms. The predicted molar refractivity (Wildman–Crippen MR) is 92.8 cm³/mol. The number of halogens is 2. The van der Waals surface area contributed by atoms with Gasteiger partial charge < -0.3 is 21.2 Å². The number of hydrogen-bond donors (Lipinski definition) is 3. The first kappa shape index (κ1) is 17.3.